The Morgan fingerprint density at radius 2 is 2.11 bits per heavy atom. The molecule has 2 bridgehead atoms. The lowest BCUT2D eigenvalue weighted by Gasteiger charge is -2.39. The standard InChI is InChI=1S/C24H24F5N5O2S2/c1-34-11-5-6-15(34)17(25)14(9-11)31-13-4-2-3-12-18(13)37-20(19(12)38-24(27,28)29)21-32-16(36-33-21)10-30-22(35)23(26)7-8-23/h2-4,11,14-15,17,31H,5-10H2,1H3,(H,30,35)/t11-,14-,15+,17-/m1/s1. The molecule has 3 fully saturated rings. The minimum absolute atomic E-state index is 0.0570. The molecule has 1 amide bonds. The molecule has 6 rings (SSSR count). The van der Waals surface area contributed by atoms with Crippen LogP contribution in [0.5, 0.6) is 0 Å². The number of nitrogens with zero attached hydrogens (tertiary/aromatic N) is 3. The van der Waals surface area contributed by atoms with Gasteiger partial charge in [0.25, 0.3) is 5.91 Å². The van der Waals surface area contributed by atoms with Gasteiger partial charge in [0.1, 0.15) is 6.17 Å². The molecule has 204 valence electrons. The monoisotopic (exact) mass is 573 g/mol. The van der Waals surface area contributed by atoms with Crippen molar-refractivity contribution in [3.05, 3.63) is 24.1 Å². The number of carbonyl (C=O) groups is 1. The smallest absolute Gasteiger partial charge is 0.378 e. The third-order valence-electron chi connectivity index (χ3n) is 7.57. The maximum Gasteiger partial charge on any atom is 0.446 e. The Labute approximate surface area is 222 Å². The van der Waals surface area contributed by atoms with E-state index in [1.165, 1.54) is 0 Å². The van der Waals surface area contributed by atoms with Crippen LogP contribution < -0.4 is 10.6 Å². The van der Waals surface area contributed by atoms with Gasteiger partial charge in [-0.3, -0.25) is 9.69 Å². The Hall–Kier alpha value is -2.45. The molecule has 4 atom stereocenters. The van der Waals surface area contributed by atoms with Crippen molar-refractivity contribution < 1.29 is 31.3 Å². The van der Waals surface area contributed by atoms with Crippen LogP contribution in [0.25, 0.3) is 20.8 Å². The van der Waals surface area contributed by atoms with Crippen LogP contribution in [-0.2, 0) is 11.3 Å². The van der Waals surface area contributed by atoms with E-state index in [1.807, 2.05) is 7.05 Å². The number of thioether (sulfide) groups is 1. The van der Waals surface area contributed by atoms with E-state index in [0.717, 1.165) is 24.2 Å². The summed E-state index contributed by atoms with van der Waals surface area (Å²) in [5, 5.41) is 9.84. The van der Waals surface area contributed by atoms with E-state index in [9.17, 15) is 22.4 Å². The summed E-state index contributed by atoms with van der Waals surface area (Å²) in [4.78, 5) is 18.2. The predicted octanol–water partition coefficient (Wildman–Crippen LogP) is 5.67. The quantitative estimate of drug-likeness (QED) is 0.279. The molecule has 14 heteroatoms. The lowest BCUT2D eigenvalue weighted by Crippen LogP contribution is -2.53. The first-order chi connectivity index (χ1) is 18.0. The Morgan fingerprint density at radius 3 is 2.84 bits per heavy atom. The molecular formula is C24H24F5N5O2S2. The highest BCUT2D eigenvalue weighted by Crippen LogP contribution is 2.51. The van der Waals surface area contributed by atoms with Crippen LogP contribution >= 0.6 is 23.1 Å². The summed E-state index contributed by atoms with van der Waals surface area (Å²) in [5.74, 6) is -0.912. The van der Waals surface area contributed by atoms with Gasteiger partial charge >= 0.3 is 5.51 Å². The van der Waals surface area contributed by atoms with Gasteiger partial charge in [-0.05, 0) is 57.0 Å². The van der Waals surface area contributed by atoms with E-state index in [-0.39, 0.29) is 64.7 Å². The fourth-order valence-corrected chi connectivity index (χ4v) is 7.49. The topological polar surface area (TPSA) is 83.3 Å². The Balaban J connectivity index is 1.31. The number of hydrogen-bond acceptors (Lipinski definition) is 8. The molecule has 2 saturated heterocycles. The third-order valence-corrected chi connectivity index (χ3v) is 9.79. The average Bonchev–Trinajstić information content (AvgIpc) is 3.17. The van der Waals surface area contributed by atoms with Crippen molar-refractivity contribution >= 4 is 44.8 Å². The van der Waals surface area contributed by atoms with Crippen LogP contribution in [0.3, 0.4) is 0 Å². The number of benzene rings is 1. The molecule has 2 N–H and O–H groups in total. The molecule has 3 aromatic rings. The summed E-state index contributed by atoms with van der Waals surface area (Å²) in [6.07, 6.45) is 1.50. The number of aromatic nitrogens is 2. The molecule has 38 heavy (non-hydrogen) atoms. The van der Waals surface area contributed by atoms with Crippen LogP contribution in [0.2, 0.25) is 0 Å². The van der Waals surface area contributed by atoms with E-state index in [2.05, 4.69) is 25.7 Å². The largest absolute Gasteiger partial charge is 0.446 e. The van der Waals surface area contributed by atoms with E-state index >= 15 is 4.39 Å². The number of hydrogen-bond donors (Lipinski definition) is 2. The number of piperidine rings is 1. The molecular weight excluding hydrogens is 549 g/mol. The van der Waals surface area contributed by atoms with Crippen molar-refractivity contribution in [2.24, 2.45) is 0 Å². The van der Waals surface area contributed by atoms with Crippen LogP contribution in [0.15, 0.2) is 27.6 Å². The highest BCUT2D eigenvalue weighted by molar-refractivity contribution is 8.00. The second-order valence-corrected chi connectivity index (χ2v) is 12.1. The predicted molar refractivity (Wildman–Crippen MR) is 133 cm³/mol. The van der Waals surface area contributed by atoms with Crippen LogP contribution in [-0.4, -0.2) is 63.5 Å². The SMILES string of the molecule is CN1[C@@H]2CC[C@H]1[C@H](F)[C@H](Nc1cccc3c(SC(F)(F)F)c(-c4noc(CNC(=O)C5(F)CC5)n4)sc13)C2. The van der Waals surface area contributed by atoms with Crippen molar-refractivity contribution in [2.75, 3.05) is 12.4 Å². The summed E-state index contributed by atoms with van der Waals surface area (Å²) in [6, 6.07) is 4.59. The average molecular weight is 574 g/mol. The van der Waals surface area contributed by atoms with Crippen molar-refractivity contribution in [2.45, 2.75) is 79.0 Å². The number of alkyl halides is 5. The number of anilines is 1. The number of carbonyl (C=O) groups excluding carboxylic acids is 1. The zero-order chi connectivity index (χ0) is 26.8. The number of fused-ring (bicyclic) bond motifs is 3. The number of amides is 1. The van der Waals surface area contributed by atoms with Crippen LogP contribution in [0, 0.1) is 0 Å². The van der Waals surface area contributed by atoms with Gasteiger partial charge in [-0.25, -0.2) is 8.78 Å². The zero-order valence-corrected chi connectivity index (χ0v) is 21.8. The Morgan fingerprint density at radius 1 is 1.32 bits per heavy atom. The van der Waals surface area contributed by atoms with Crippen molar-refractivity contribution in [3.63, 3.8) is 0 Å². The number of rotatable bonds is 7. The summed E-state index contributed by atoms with van der Waals surface area (Å²) >= 11 is 0.780. The summed E-state index contributed by atoms with van der Waals surface area (Å²) in [6.45, 7) is -0.243. The molecule has 1 saturated carbocycles. The third kappa shape index (κ3) is 4.75. The van der Waals surface area contributed by atoms with E-state index in [1.54, 1.807) is 18.2 Å². The molecule has 0 unspecified atom stereocenters. The van der Waals surface area contributed by atoms with E-state index in [4.69, 9.17) is 4.52 Å². The highest BCUT2D eigenvalue weighted by Gasteiger charge is 2.51. The van der Waals surface area contributed by atoms with Gasteiger partial charge in [0.15, 0.2) is 5.67 Å². The number of halogens is 5. The van der Waals surface area contributed by atoms with E-state index in [0.29, 0.717) is 22.2 Å². The summed E-state index contributed by atoms with van der Waals surface area (Å²) in [5.41, 5.74) is -5.91. The molecule has 4 heterocycles. The molecule has 2 aliphatic heterocycles. The molecule has 0 spiro atoms. The Bertz CT molecular complexity index is 1370. The van der Waals surface area contributed by atoms with Crippen molar-refractivity contribution in [1.29, 1.82) is 0 Å². The maximum atomic E-state index is 15.3. The Kier molecular flexibility index (Phi) is 6.34. The molecule has 7 nitrogen and oxygen atoms in total. The van der Waals surface area contributed by atoms with Gasteiger partial charge in [0.05, 0.1) is 27.9 Å². The number of nitrogens with one attached hydrogen (secondary N) is 2. The van der Waals surface area contributed by atoms with Gasteiger partial charge in [0, 0.05) is 22.4 Å². The fourth-order valence-electron chi connectivity index (χ4n) is 5.38. The summed E-state index contributed by atoms with van der Waals surface area (Å²) < 4.78 is 75.6. The first-order valence-electron chi connectivity index (χ1n) is 12.3. The minimum Gasteiger partial charge on any atom is -0.378 e. The van der Waals surface area contributed by atoms with Crippen molar-refractivity contribution in [1.82, 2.24) is 20.4 Å². The van der Waals surface area contributed by atoms with Gasteiger partial charge < -0.3 is 15.2 Å². The molecule has 2 aromatic heterocycles. The first kappa shape index (κ1) is 25.8. The molecule has 1 aliphatic carbocycles. The normalized spacial score (nSPS) is 26.6. The second-order valence-electron chi connectivity index (χ2n) is 10.0. The molecule has 0 radical (unpaired) electrons. The fraction of sp³-hybridized carbons (Fsp3) is 0.542. The molecule has 1 aromatic carbocycles. The first-order valence-corrected chi connectivity index (χ1v) is 13.9. The maximum absolute atomic E-state index is 15.3. The van der Waals surface area contributed by atoms with Gasteiger partial charge in [-0.1, -0.05) is 17.3 Å². The second kappa shape index (κ2) is 9.33. The lowest BCUT2D eigenvalue weighted by atomic mass is 9.95. The van der Waals surface area contributed by atoms with Gasteiger partial charge in [-0.2, -0.15) is 18.2 Å². The highest BCUT2D eigenvalue weighted by atomic mass is 32.2. The lowest BCUT2D eigenvalue weighted by molar-refractivity contribution is -0.127. The number of thiophene rings is 1. The van der Waals surface area contributed by atoms with Gasteiger partial charge in [0.2, 0.25) is 11.7 Å². The van der Waals surface area contributed by atoms with Gasteiger partial charge in [-0.15, -0.1) is 11.3 Å². The zero-order valence-electron chi connectivity index (χ0n) is 20.1. The van der Waals surface area contributed by atoms with Crippen LogP contribution in [0.1, 0.15) is 38.0 Å². The minimum atomic E-state index is -4.58. The summed E-state index contributed by atoms with van der Waals surface area (Å²) in [7, 11) is 1.93. The van der Waals surface area contributed by atoms with Crippen molar-refractivity contribution in [3.8, 4) is 10.7 Å². The van der Waals surface area contributed by atoms with Crippen LogP contribution in [0.4, 0.5) is 27.6 Å². The molecule has 3 aliphatic rings. The van der Waals surface area contributed by atoms with E-state index < -0.39 is 29.3 Å².